The van der Waals surface area contributed by atoms with Crippen LogP contribution in [-0.4, -0.2) is 60.9 Å². The fourth-order valence-electron chi connectivity index (χ4n) is 3.35. The Bertz CT molecular complexity index is 920. The molecule has 0 spiro atoms. The average molecular weight is 533 g/mol. The molecule has 0 aliphatic heterocycles. The van der Waals surface area contributed by atoms with E-state index in [0.29, 0.717) is 31.6 Å². The second-order valence-corrected chi connectivity index (χ2v) is 8.77. The maximum absolute atomic E-state index is 13.0. The largest absolute Gasteiger partial charge is 0.343 e. The zero-order chi connectivity index (χ0) is 24.9. The number of aryl methyl sites for hydroxylation is 1. The summed E-state index contributed by atoms with van der Waals surface area (Å²) in [6, 6.07) is 14.9. The van der Waals surface area contributed by atoms with Crippen molar-refractivity contribution in [1.82, 2.24) is 10.2 Å². The van der Waals surface area contributed by atoms with Crippen LogP contribution in [0.25, 0.3) is 0 Å². The topological polar surface area (TPSA) is 157 Å². The maximum atomic E-state index is 13.0. The monoisotopic (exact) mass is 532 g/mol. The molecule has 2 aromatic carbocycles. The van der Waals surface area contributed by atoms with Crippen LogP contribution in [0.5, 0.6) is 0 Å². The number of benzene rings is 2. The lowest BCUT2D eigenvalue weighted by Gasteiger charge is -2.24. The predicted octanol–water partition coefficient (Wildman–Crippen LogP) is 0.969. The van der Waals surface area contributed by atoms with Gasteiger partial charge >= 0.3 is 0 Å². The summed E-state index contributed by atoms with van der Waals surface area (Å²) in [7, 11) is 0. The lowest BCUT2D eigenvalue weighted by atomic mass is 10.0. The number of hydrogen-bond acceptors (Lipinski definition) is 6. The van der Waals surface area contributed by atoms with Gasteiger partial charge in [-0.05, 0) is 42.7 Å². The van der Waals surface area contributed by atoms with E-state index < -0.39 is 18.0 Å². The molecule has 0 fully saturated rings. The van der Waals surface area contributed by atoms with E-state index in [9.17, 15) is 14.4 Å². The first kappa shape index (κ1) is 27.5. The van der Waals surface area contributed by atoms with Gasteiger partial charge in [0.05, 0.1) is 12.5 Å². The highest BCUT2D eigenvalue weighted by atomic mass is 79.9. The van der Waals surface area contributed by atoms with E-state index in [1.54, 1.807) is 12.1 Å². The fourth-order valence-corrected chi connectivity index (χ4v) is 3.61. The van der Waals surface area contributed by atoms with Crippen molar-refractivity contribution in [2.75, 3.05) is 31.5 Å². The van der Waals surface area contributed by atoms with Gasteiger partial charge in [-0.15, -0.1) is 0 Å². The van der Waals surface area contributed by atoms with Crippen molar-refractivity contribution in [3.8, 4) is 0 Å². The first-order valence-corrected chi connectivity index (χ1v) is 12.0. The molecular formula is C24H33BrN6O3. The third kappa shape index (κ3) is 9.22. The minimum Gasteiger partial charge on any atom is -0.343 e. The molecule has 8 N–H and O–H groups in total. The van der Waals surface area contributed by atoms with Gasteiger partial charge in [0.2, 0.25) is 17.7 Å². The first-order chi connectivity index (χ1) is 16.3. The fraction of sp³-hybridized carbons (Fsp3) is 0.375. The zero-order valence-electron chi connectivity index (χ0n) is 19.1. The van der Waals surface area contributed by atoms with Crippen LogP contribution in [0.1, 0.15) is 18.4 Å². The van der Waals surface area contributed by atoms with Crippen molar-refractivity contribution in [2.24, 2.45) is 17.2 Å². The second-order valence-electron chi connectivity index (χ2n) is 7.85. The molecule has 34 heavy (non-hydrogen) atoms. The van der Waals surface area contributed by atoms with Gasteiger partial charge in [-0.25, -0.2) is 0 Å². The van der Waals surface area contributed by atoms with Gasteiger partial charge in [0.25, 0.3) is 0 Å². The van der Waals surface area contributed by atoms with Crippen LogP contribution in [0.4, 0.5) is 5.69 Å². The van der Waals surface area contributed by atoms with Crippen LogP contribution in [0.15, 0.2) is 59.1 Å². The molecule has 0 saturated heterocycles. The van der Waals surface area contributed by atoms with Crippen molar-refractivity contribution in [1.29, 1.82) is 0 Å². The normalized spacial score (nSPS) is 12.5. The Balaban J connectivity index is 2.05. The maximum Gasteiger partial charge on any atom is 0.246 e. The van der Waals surface area contributed by atoms with Crippen LogP contribution in [0.3, 0.4) is 0 Å². The number of rotatable bonds is 13. The third-order valence-electron chi connectivity index (χ3n) is 5.19. The molecule has 3 amide bonds. The van der Waals surface area contributed by atoms with E-state index in [1.807, 2.05) is 42.5 Å². The highest BCUT2D eigenvalue weighted by molar-refractivity contribution is 9.10. The number of anilines is 1. The van der Waals surface area contributed by atoms with Crippen LogP contribution in [0.2, 0.25) is 0 Å². The van der Waals surface area contributed by atoms with E-state index >= 15 is 0 Å². The Labute approximate surface area is 208 Å². The Kier molecular flexibility index (Phi) is 11.7. The molecule has 2 aromatic rings. The molecule has 0 bridgehead atoms. The van der Waals surface area contributed by atoms with Gasteiger partial charge in [-0.3, -0.25) is 14.4 Å². The minimum atomic E-state index is -1.11. The lowest BCUT2D eigenvalue weighted by molar-refractivity contribution is -0.134. The van der Waals surface area contributed by atoms with E-state index in [-0.39, 0.29) is 31.3 Å². The number of halogens is 1. The van der Waals surface area contributed by atoms with Crippen molar-refractivity contribution in [3.05, 3.63) is 64.6 Å². The Morgan fingerprint density at radius 2 is 1.53 bits per heavy atom. The van der Waals surface area contributed by atoms with E-state index in [2.05, 4.69) is 26.6 Å². The number of nitrogens with one attached hydrogen (secondary N) is 2. The smallest absolute Gasteiger partial charge is 0.246 e. The molecule has 2 rings (SSSR count). The molecular weight excluding hydrogens is 500 g/mol. The van der Waals surface area contributed by atoms with E-state index in [1.165, 1.54) is 4.90 Å². The molecule has 0 heterocycles. The molecule has 0 aliphatic carbocycles. The van der Waals surface area contributed by atoms with Gasteiger partial charge in [0, 0.05) is 36.3 Å². The van der Waals surface area contributed by atoms with Crippen molar-refractivity contribution in [3.63, 3.8) is 0 Å². The summed E-state index contributed by atoms with van der Waals surface area (Å²) in [5.74, 6) is -1.24. The second kappa shape index (κ2) is 14.5. The number of hydrogen-bond donors (Lipinski definition) is 5. The van der Waals surface area contributed by atoms with Crippen molar-refractivity contribution < 1.29 is 14.4 Å². The number of amides is 3. The van der Waals surface area contributed by atoms with Gasteiger partial charge < -0.3 is 32.7 Å². The number of carbonyl (C=O) groups is 3. The number of nitrogens with zero attached hydrogens (tertiary/aromatic N) is 1. The van der Waals surface area contributed by atoms with Gasteiger partial charge in [-0.1, -0.05) is 46.3 Å². The predicted molar refractivity (Wildman–Crippen MR) is 137 cm³/mol. The number of nitrogens with two attached hydrogens (primary N) is 3. The molecule has 0 radical (unpaired) electrons. The summed E-state index contributed by atoms with van der Waals surface area (Å²) in [5.41, 5.74) is 18.8. The van der Waals surface area contributed by atoms with Crippen LogP contribution in [0, 0.1) is 0 Å². The average Bonchev–Trinajstić information content (AvgIpc) is 2.83. The van der Waals surface area contributed by atoms with Crippen molar-refractivity contribution >= 4 is 39.3 Å². The number of carbonyl (C=O) groups excluding carboxylic acids is 3. The molecule has 10 heteroatoms. The molecule has 0 aromatic heterocycles. The quantitative estimate of drug-likeness (QED) is 0.258. The third-order valence-corrected chi connectivity index (χ3v) is 5.72. The minimum absolute atomic E-state index is 0.203. The summed E-state index contributed by atoms with van der Waals surface area (Å²) < 4.78 is 0.883. The highest BCUT2D eigenvalue weighted by Gasteiger charge is 2.26. The SMILES string of the molecule is NCCN(CCN)C(=O)CC(N)C(=O)NC(CCc1ccccc1)C(=O)Nc1ccc(Br)cc1. The first-order valence-electron chi connectivity index (χ1n) is 11.2. The standard InChI is InChI=1S/C24H33BrN6O3/c25-18-7-9-19(10-8-18)29-24(34)21(11-6-17-4-2-1-3-5-17)30-23(33)20(28)16-22(32)31(14-12-26)15-13-27/h1-5,7-10,20-21H,6,11-16,26-28H2,(H,29,34)(H,30,33). The molecule has 9 nitrogen and oxygen atoms in total. The van der Waals surface area contributed by atoms with E-state index in [4.69, 9.17) is 17.2 Å². The van der Waals surface area contributed by atoms with Crippen LogP contribution >= 0.6 is 15.9 Å². The Morgan fingerprint density at radius 1 is 0.912 bits per heavy atom. The van der Waals surface area contributed by atoms with Crippen LogP contribution in [-0.2, 0) is 20.8 Å². The molecule has 0 saturated carbocycles. The molecule has 2 atom stereocenters. The molecule has 2 unspecified atom stereocenters. The highest BCUT2D eigenvalue weighted by Crippen LogP contribution is 2.15. The lowest BCUT2D eigenvalue weighted by Crippen LogP contribution is -2.52. The molecule has 184 valence electrons. The summed E-state index contributed by atoms with van der Waals surface area (Å²) in [6.45, 7) is 1.23. The van der Waals surface area contributed by atoms with Gasteiger partial charge in [0.15, 0.2) is 0 Å². The molecule has 0 aliphatic rings. The van der Waals surface area contributed by atoms with Crippen molar-refractivity contribution in [2.45, 2.75) is 31.3 Å². The van der Waals surface area contributed by atoms with E-state index in [0.717, 1.165) is 10.0 Å². The van der Waals surface area contributed by atoms with Crippen LogP contribution < -0.4 is 27.8 Å². The Hall–Kier alpha value is -2.79. The van der Waals surface area contributed by atoms with Gasteiger partial charge in [-0.2, -0.15) is 0 Å². The summed E-state index contributed by atoms with van der Waals surface area (Å²) in [4.78, 5) is 39.8. The zero-order valence-corrected chi connectivity index (χ0v) is 20.7. The summed E-state index contributed by atoms with van der Waals surface area (Å²) in [5, 5.41) is 5.55. The summed E-state index contributed by atoms with van der Waals surface area (Å²) in [6.07, 6.45) is 0.741. The Morgan fingerprint density at radius 3 is 2.12 bits per heavy atom. The summed E-state index contributed by atoms with van der Waals surface area (Å²) >= 11 is 3.36. The van der Waals surface area contributed by atoms with Gasteiger partial charge in [0.1, 0.15) is 6.04 Å².